The van der Waals surface area contributed by atoms with Crippen molar-refractivity contribution in [1.82, 2.24) is 10.00 Å². The Morgan fingerprint density at radius 3 is 2.54 bits per heavy atom. The van der Waals surface area contributed by atoms with Crippen molar-refractivity contribution >= 4 is 33.6 Å². The number of aromatic amines is 1. The standard InChI is InChI=1S/C16H18N4O5S.ClH.H2O/c21-16-15-13(11-20(22)17-16)19(6-5-18-7-9-25-10-8-18)12-3-1-2-4-14(12)26(15,23)24;;/h1-4,11H,5-10H2,(H,17,21);1H;1H2. The van der Waals surface area contributed by atoms with Crippen LogP contribution in [-0.2, 0) is 14.6 Å². The van der Waals surface area contributed by atoms with E-state index in [2.05, 4.69) is 4.90 Å². The molecule has 2 aliphatic rings. The number of hydrogen-bond donors (Lipinski definition) is 1. The summed E-state index contributed by atoms with van der Waals surface area (Å²) in [5.41, 5.74) is -0.335. The predicted octanol–water partition coefficient (Wildman–Crippen LogP) is -0.778. The van der Waals surface area contributed by atoms with Gasteiger partial charge in [-0.25, -0.2) is 8.42 Å². The van der Waals surface area contributed by atoms with Gasteiger partial charge < -0.3 is 20.3 Å². The van der Waals surface area contributed by atoms with Gasteiger partial charge in [0.05, 0.1) is 23.8 Å². The van der Waals surface area contributed by atoms with Gasteiger partial charge in [0.1, 0.15) is 5.69 Å². The fraction of sp³-hybridized carbons (Fsp3) is 0.375. The van der Waals surface area contributed by atoms with Crippen molar-refractivity contribution in [2.75, 3.05) is 44.3 Å². The van der Waals surface area contributed by atoms with Crippen molar-refractivity contribution in [3.8, 4) is 0 Å². The van der Waals surface area contributed by atoms with E-state index in [9.17, 15) is 18.4 Å². The molecule has 1 aromatic heterocycles. The average molecular weight is 433 g/mol. The third-order valence-corrected chi connectivity index (χ3v) is 6.50. The number of anilines is 2. The summed E-state index contributed by atoms with van der Waals surface area (Å²) in [5.74, 6) is 0. The van der Waals surface area contributed by atoms with E-state index in [1.165, 1.54) is 6.07 Å². The van der Waals surface area contributed by atoms with Crippen LogP contribution >= 0.6 is 12.4 Å². The number of nitrogens with one attached hydrogen (secondary N) is 1. The third-order valence-electron chi connectivity index (χ3n) is 4.64. The average Bonchev–Trinajstić information content (AvgIpc) is 2.61. The van der Waals surface area contributed by atoms with Gasteiger partial charge in [-0.15, -0.1) is 17.5 Å². The normalized spacial score (nSPS) is 17.6. The number of nitrogens with zero attached hydrogens (tertiary/aromatic N) is 3. The first-order valence-corrected chi connectivity index (χ1v) is 9.75. The lowest BCUT2D eigenvalue weighted by Crippen LogP contribution is -2.45. The van der Waals surface area contributed by atoms with Crippen molar-refractivity contribution in [3.63, 3.8) is 0 Å². The molecule has 1 saturated heterocycles. The van der Waals surface area contributed by atoms with Crippen LogP contribution in [0.3, 0.4) is 0 Å². The van der Waals surface area contributed by atoms with Crippen molar-refractivity contribution in [2.45, 2.75) is 9.79 Å². The Hall–Kier alpha value is -2.18. The van der Waals surface area contributed by atoms with E-state index in [1.54, 1.807) is 23.1 Å². The second kappa shape index (κ2) is 8.45. The van der Waals surface area contributed by atoms with Crippen molar-refractivity contribution in [1.29, 1.82) is 0 Å². The Labute approximate surface area is 167 Å². The number of rotatable bonds is 3. The van der Waals surface area contributed by atoms with Gasteiger partial charge in [0, 0.05) is 26.2 Å². The van der Waals surface area contributed by atoms with Gasteiger partial charge in [-0.05, 0) is 12.1 Å². The molecular formula is C16H21ClN4O6S. The molecule has 2 aliphatic heterocycles. The van der Waals surface area contributed by atoms with Crippen LogP contribution in [0.25, 0.3) is 0 Å². The van der Waals surface area contributed by atoms with E-state index >= 15 is 0 Å². The molecule has 0 amide bonds. The molecule has 3 heterocycles. The van der Waals surface area contributed by atoms with Crippen LogP contribution in [0.15, 0.2) is 45.0 Å². The van der Waals surface area contributed by atoms with Gasteiger partial charge >= 0.3 is 5.56 Å². The van der Waals surface area contributed by atoms with Gasteiger partial charge in [0.2, 0.25) is 16.0 Å². The highest BCUT2D eigenvalue weighted by molar-refractivity contribution is 7.92. The molecule has 28 heavy (non-hydrogen) atoms. The SMILES string of the molecule is Cl.O.O=c1[nH][n+]([O-])cc2c1S(=O)(=O)c1ccccc1N2CCN1CCOCC1. The first-order chi connectivity index (χ1) is 12.5. The molecule has 0 atom stereocenters. The van der Waals surface area contributed by atoms with Crippen LogP contribution < -0.4 is 15.3 Å². The fourth-order valence-electron chi connectivity index (χ4n) is 3.38. The molecule has 0 spiro atoms. The van der Waals surface area contributed by atoms with Gasteiger partial charge in [-0.1, -0.05) is 17.0 Å². The van der Waals surface area contributed by atoms with Gasteiger partial charge in [-0.2, -0.15) is 0 Å². The highest BCUT2D eigenvalue weighted by Gasteiger charge is 2.38. The van der Waals surface area contributed by atoms with Crippen molar-refractivity contribution in [3.05, 3.63) is 46.0 Å². The summed E-state index contributed by atoms with van der Waals surface area (Å²) >= 11 is 0. The second-order valence-corrected chi connectivity index (χ2v) is 8.04. The molecule has 10 nitrogen and oxygen atoms in total. The second-order valence-electron chi connectivity index (χ2n) is 6.19. The molecule has 1 aromatic carbocycles. The van der Waals surface area contributed by atoms with Crippen molar-refractivity contribution < 1.29 is 23.5 Å². The van der Waals surface area contributed by atoms with Crippen molar-refractivity contribution in [2.24, 2.45) is 0 Å². The Bertz CT molecular complexity index is 1010. The minimum Gasteiger partial charge on any atom is -0.596 e. The lowest BCUT2D eigenvalue weighted by molar-refractivity contribution is -0.670. The zero-order valence-electron chi connectivity index (χ0n) is 14.8. The fourth-order valence-corrected chi connectivity index (χ4v) is 5.03. The van der Waals surface area contributed by atoms with Gasteiger partial charge in [0.25, 0.3) is 0 Å². The van der Waals surface area contributed by atoms with Gasteiger partial charge in [-0.3, -0.25) is 9.69 Å². The molecule has 4 rings (SSSR count). The quantitative estimate of drug-likeness (QED) is 0.495. The first-order valence-electron chi connectivity index (χ1n) is 8.27. The molecule has 154 valence electrons. The molecule has 0 bridgehead atoms. The summed E-state index contributed by atoms with van der Waals surface area (Å²) in [6.45, 7) is 3.99. The van der Waals surface area contributed by atoms with E-state index in [0.717, 1.165) is 19.3 Å². The maximum atomic E-state index is 12.9. The first kappa shape index (κ1) is 22.1. The molecule has 0 aliphatic carbocycles. The summed E-state index contributed by atoms with van der Waals surface area (Å²) in [6.07, 6.45) is 1.10. The summed E-state index contributed by atoms with van der Waals surface area (Å²) < 4.78 is 31.1. The van der Waals surface area contributed by atoms with Crippen LogP contribution in [-0.4, -0.2) is 63.3 Å². The summed E-state index contributed by atoms with van der Waals surface area (Å²) in [6, 6.07) is 6.52. The van der Waals surface area contributed by atoms with Crippen LogP contribution in [0, 0.1) is 5.21 Å². The van der Waals surface area contributed by atoms with E-state index in [-0.39, 0.29) is 38.2 Å². The maximum absolute atomic E-state index is 12.9. The smallest absolute Gasteiger partial charge is 0.320 e. The number of morpholine rings is 1. The molecule has 3 N–H and O–H groups in total. The number of fused-ring (bicyclic) bond motifs is 2. The zero-order chi connectivity index (χ0) is 18.3. The molecule has 1 fully saturated rings. The minimum atomic E-state index is -4.00. The lowest BCUT2D eigenvalue weighted by Gasteiger charge is -2.34. The zero-order valence-corrected chi connectivity index (χ0v) is 16.5. The monoisotopic (exact) mass is 432 g/mol. The topological polar surface area (TPSA) is 141 Å². The number of hydrogen-bond acceptors (Lipinski definition) is 7. The van der Waals surface area contributed by atoms with E-state index in [4.69, 9.17) is 4.74 Å². The van der Waals surface area contributed by atoms with Crippen LogP contribution in [0.2, 0.25) is 0 Å². The number of halogens is 1. The Morgan fingerprint density at radius 2 is 1.82 bits per heavy atom. The largest absolute Gasteiger partial charge is 0.596 e. The van der Waals surface area contributed by atoms with E-state index in [0.29, 0.717) is 32.0 Å². The Balaban J connectivity index is 0.00000140. The van der Waals surface area contributed by atoms with Crippen LogP contribution in [0.1, 0.15) is 0 Å². The molecule has 0 unspecified atom stereocenters. The Kier molecular flexibility index (Phi) is 6.67. The molecular weight excluding hydrogens is 412 g/mol. The number of ether oxygens (including phenoxy) is 1. The number of benzene rings is 1. The molecule has 12 heteroatoms. The summed E-state index contributed by atoms with van der Waals surface area (Å²) in [7, 11) is -4.00. The third kappa shape index (κ3) is 3.71. The molecule has 0 radical (unpaired) electrons. The summed E-state index contributed by atoms with van der Waals surface area (Å²) in [4.78, 5) is 16.1. The predicted molar refractivity (Wildman–Crippen MR) is 103 cm³/mol. The highest BCUT2D eigenvalue weighted by Crippen LogP contribution is 2.41. The summed E-state index contributed by atoms with van der Waals surface area (Å²) in [5, 5.41) is 13.7. The highest BCUT2D eigenvalue weighted by atomic mass is 35.5. The minimum absolute atomic E-state index is 0. The molecule has 2 aromatic rings. The Morgan fingerprint density at radius 1 is 1.14 bits per heavy atom. The number of H-pyrrole nitrogens is 1. The lowest BCUT2D eigenvalue weighted by atomic mass is 10.2. The van der Waals surface area contributed by atoms with E-state index in [1.807, 2.05) is 5.10 Å². The van der Waals surface area contributed by atoms with Crippen LogP contribution in [0.5, 0.6) is 0 Å². The van der Waals surface area contributed by atoms with Crippen LogP contribution in [0.4, 0.5) is 11.4 Å². The maximum Gasteiger partial charge on any atom is 0.320 e. The number of para-hydroxylation sites is 1. The van der Waals surface area contributed by atoms with Gasteiger partial charge in [0.15, 0.2) is 4.90 Å². The number of sulfone groups is 1. The van der Waals surface area contributed by atoms with E-state index < -0.39 is 15.4 Å². The number of aromatic nitrogens is 2. The molecule has 0 saturated carbocycles.